The van der Waals surface area contributed by atoms with Crippen molar-refractivity contribution in [2.24, 2.45) is 0 Å². The molecule has 0 saturated heterocycles. The lowest BCUT2D eigenvalue weighted by molar-refractivity contribution is 0.0204. The van der Waals surface area contributed by atoms with Crippen molar-refractivity contribution >= 4 is 5.57 Å². The van der Waals surface area contributed by atoms with Gasteiger partial charge in [-0.3, -0.25) is 4.84 Å². The molecule has 3 rings (SSSR count). The van der Waals surface area contributed by atoms with Gasteiger partial charge in [-0.2, -0.15) is 0 Å². The lowest BCUT2D eigenvalue weighted by Crippen LogP contribution is -2.08. The van der Waals surface area contributed by atoms with Gasteiger partial charge in [0, 0.05) is 0 Å². The summed E-state index contributed by atoms with van der Waals surface area (Å²) in [6.07, 6.45) is -0.547. The van der Waals surface area contributed by atoms with Crippen LogP contribution in [0, 0.1) is 0 Å². The van der Waals surface area contributed by atoms with Crippen LogP contribution < -0.4 is 24.4 Å². The zero-order valence-corrected chi connectivity index (χ0v) is 16.4. The Kier molecular flexibility index (Phi) is 5.70. The lowest BCUT2D eigenvalue weighted by atomic mass is 9.95. The van der Waals surface area contributed by atoms with E-state index in [9.17, 15) is 5.11 Å². The van der Waals surface area contributed by atoms with Crippen LogP contribution >= 0.6 is 0 Å². The molecule has 28 heavy (non-hydrogen) atoms. The maximum Gasteiger partial charge on any atom is 0.217 e. The fourth-order valence-electron chi connectivity index (χ4n) is 3.12. The first kappa shape index (κ1) is 19.5. The summed E-state index contributed by atoms with van der Waals surface area (Å²) in [6.45, 7) is 0. The van der Waals surface area contributed by atoms with Crippen LogP contribution in [-0.4, -0.2) is 40.7 Å². The quantitative estimate of drug-likeness (QED) is 0.747. The van der Waals surface area contributed by atoms with Crippen molar-refractivity contribution in [2.45, 2.75) is 6.10 Å². The van der Waals surface area contributed by atoms with Crippen LogP contribution in [-0.2, 0) is 9.57 Å². The Bertz CT molecular complexity index is 869. The highest BCUT2D eigenvalue weighted by Crippen LogP contribution is 2.46. The molecule has 0 fully saturated rings. The van der Waals surface area contributed by atoms with Crippen molar-refractivity contribution in [1.29, 1.82) is 0 Å². The molecule has 2 N–H and O–H groups in total. The fraction of sp³-hybridized carbons (Fsp3) is 0.300. The summed E-state index contributed by atoms with van der Waals surface area (Å²) in [5, 5.41) is 10.2. The molecule has 0 saturated carbocycles. The van der Waals surface area contributed by atoms with Crippen LogP contribution in [0.1, 0.15) is 17.2 Å². The molecule has 2 aromatic carbocycles. The van der Waals surface area contributed by atoms with Crippen LogP contribution in [0.5, 0.6) is 28.7 Å². The Morgan fingerprint density at radius 3 is 1.96 bits per heavy atom. The van der Waals surface area contributed by atoms with E-state index in [1.54, 1.807) is 33.5 Å². The maximum atomic E-state index is 10.2. The Hall–Kier alpha value is -3.26. The molecule has 0 aromatic heterocycles. The smallest absolute Gasteiger partial charge is 0.217 e. The number of hydrogen-bond donors (Lipinski definition) is 2. The van der Waals surface area contributed by atoms with Crippen molar-refractivity contribution in [1.82, 2.24) is 5.48 Å². The molecule has 0 radical (unpaired) electrons. The number of rotatable bonds is 7. The molecule has 1 aliphatic rings. The van der Waals surface area contributed by atoms with Gasteiger partial charge in [0.15, 0.2) is 23.0 Å². The van der Waals surface area contributed by atoms with Gasteiger partial charge in [-0.25, -0.2) is 5.48 Å². The summed E-state index contributed by atoms with van der Waals surface area (Å²) in [4.78, 5) is 5.73. The molecule has 0 aliphatic carbocycles. The van der Waals surface area contributed by atoms with E-state index in [-0.39, 0.29) is 5.75 Å². The van der Waals surface area contributed by atoms with Crippen LogP contribution in [0.25, 0.3) is 5.57 Å². The molecule has 150 valence electrons. The van der Waals surface area contributed by atoms with Gasteiger partial charge in [0.25, 0.3) is 0 Å². The number of phenols is 1. The molecular formula is C20H23NO7. The number of methoxy groups -OCH3 is 5. The SMILES string of the molecule is COC1=C(c2cc(OC)c(OC)c(OC)c2)C(c2ccc(OC)c(O)c2)ON1. The van der Waals surface area contributed by atoms with Crippen molar-refractivity contribution in [3.8, 4) is 28.7 Å². The zero-order valence-electron chi connectivity index (χ0n) is 16.4. The number of hydroxylamine groups is 1. The number of phenolic OH excluding ortho intramolecular Hbond substituents is 1. The van der Waals surface area contributed by atoms with Gasteiger partial charge in [-0.15, -0.1) is 0 Å². The highest BCUT2D eigenvalue weighted by Gasteiger charge is 2.32. The Balaban J connectivity index is 2.13. The summed E-state index contributed by atoms with van der Waals surface area (Å²) in [5.41, 5.74) is 4.96. The van der Waals surface area contributed by atoms with E-state index < -0.39 is 6.10 Å². The van der Waals surface area contributed by atoms with Gasteiger partial charge in [-0.05, 0) is 35.4 Å². The Morgan fingerprint density at radius 2 is 1.46 bits per heavy atom. The first-order valence-corrected chi connectivity index (χ1v) is 8.45. The van der Waals surface area contributed by atoms with E-state index >= 15 is 0 Å². The van der Waals surface area contributed by atoms with E-state index in [2.05, 4.69) is 5.48 Å². The van der Waals surface area contributed by atoms with Crippen molar-refractivity contribution in [2.75, 3.05) is 35.5 Å². The fourth-order valence-corrected chi connectivity index (χ4v) is 3.12. The molecule has 1 unspecified atom stereocenters. The second kappa shape index (κ2) is 8.18. The third kappa shape index (κ3) is 3.34. The summed E-state index contributed by atoms with van der Waals surface area (Å²) in [6, 6.07) is 8.68. The Morgan fingerprint density at radius 1 is 0.821 bits per heavy atom. The van der Waals surface area contributed by atoms with E-state index in [0.717, 1.165) is 5.56 Å². The average molecular weight is 389 g/mol. The molecule has 1 aliphatic heterocycles. The molecule has 0 amide bonds. The normalized spacial score (nSPS) is 15.8. The minimum Gasteiger partial charge on any atom is -0.504 e. The molecule has 1 atom stereocenters. The lowest BCUT2D eigenvalue weighted by Gasteiger charge is -2.18. The van der Waals surface area contributed by atoms with Crippen molar-refractivity contribution in [3.05, 3.63) is 47.3 Å². The average Bonchev–Trinajstić information content (AvgIpc) is 3.16. The van der Waals surface area contributed by atoms with Gasteiger partial charge < -0.3 is 28.8 Å². The van der Waals surface area contributed by atoms with Gasteiger partial charge in [0.2, 0.25) is 11.6 Å². The van der Waals surface area contributed by atoms with Crippen molar-refractivity contribution in [3.63, 3.8) is 0 Å². The second-order valence-corrected chi connectivity index (χ2v) is 5.89. The topological polar surface area (TPSA) is 87.6 Å². The second-order valence-electron chi connectivity index (χ2n) is 5.89. The minimum absolute atomic E-state index is 0.0127. The predicted molar refractivity (Wildman–Crippen MR) is 102 cm³/mol. The van der Waals surface area contributed by atoms with E-state index in [4.69, 9.17) is 28.5 Å². The van der Waals surface area contributed by atoms with Gasteiger partial charge in [-0.1, -0.05) is 6.07 Å². The van der Waals surface area contributed by atoms with E-state index in [1.165, 1.54) is 14.2 Å². The standard InChI is InChI=1S/C20H23NO7/c1-23-14-7-6-11(8-13(14)22)18-17(20(27-5)21-28-18)12-9-15(24-2)19(26-4)16(10-12)25-3/h6-10,18,21-22H,1-5H3. The van der Waals surface area contributed by atoms with Crippen molar-refractivity contribution < 1.29 is 33.6 Å². The predicted octanol–water partition coefficient (Wildman–Crippen LogP) is 3.02. The number of aromatic hydroxyl groups is 1. The number of nitrogens with one attached hydrogen (secondary N) is 1. The molecule has 0 bridgehead atoms. The number of ether oxygens (including phenoxy) is 5. The van der Waals surface area contributed by atoms with Crippen LogP contribution in [0.4, 0.5) is 0 Å². The number of hydrogen-bond acceptors (Lipinski definition) is 8. The molecule has 1 heterocycles. The first-order valence-electron chi connectivity index (χ1n) is 8.45. The third-order valence-corrected chi connectivity index (χ3v) is 4.46. The zero-order chi connectivity index (χ0) is 20.3. The highest BCUT2D eigenvalue weighted by molar-refractivity contribution is 5.77. The Labute approximate surface area is 163 Å². The summed E-state index contributed by atoms with van der Waals surface area (Å²) >= 11 is 0. The molecular weight excluding hydrogens is 366 g/mol. The monoisotopic (exact) mass is 389 g/mol. The highest BCUT2D eigenvalue weighted by atomic mass is 16.7. The van der Waals surface area contributed by atoms with E-state index in [1.807, 2.05) is 18.2 Å². The summed E-state index contributed by atoms with van der Waals surface area (Å²) < 4.78 is 26.9. The van der Waals surface area contributed by atoms with E-state index in [0.29, 0.717) is 40.0 Å². The molecule has 8 nitrogen and oxygen atoms in total. The first-order chi connectivity index (χ1) is 13.6. The minimum atomic E-state index is -0.547. The summed E-state index contributed by atoms with van der Waals surface area (Å²) in [5.74, 6) is 2.32. The molecule has 8 heteroatoms. The van der Waals surface area contributed by atoms with Crippen LogP contribution in [0.2, 0.25) is 0 Å². The molecule has 0 spiro atoms. The molecule has 2 aromatic rings. The number of benzene rings is 2. The third-order valence-electron chi connectivity index (χ3n) is 4.46. The summed E-state index contributed by atoms with van der Waals surface area (Å²) in [7, 11) is 7.68. The van der Waals surface area contributed by atoms with Crippen LogP contribution in [0.3, 0.4) is 0 Å². The van der Waals surface area contributed by atoms with Crippen LogP contribution in [0.15, 0.2) is 36.2 Å². The maximum absolute atomic E-state index is 10.2. The largest absolute Gasteiger partial charge is 0.504 e. The van der Waals surface area contributed by atoms with Gasteiger partial charge >= 0.3 is 0 Å². The van der Waals surface area contributed by atoms with Gasteiger partial charge in [0.05, 0.1) is 41.1 Å². The van der Waals surface area contributed by atoms with Gasteiger partial charge in [0.1, 0.15) is 6.10 Å².